The first-order valence-corrected chi connectivity index (χ1v) is 22.5. The van der Waals surface area contributed by atoms with E-state index in [0.717, 1.165) is 61.3 Å². The van der Waals surface area contributed by atoms with Crippen LogP contribution in [0.15, 0.2) is 241 Å². The van der Waals surface area contributed by atoms with E-state index in [2.05, 4.69) is 241 Å². The summed E-state index contributed by atoms with van der Waals surface area (Å²) >= 11 is 0. The van der Waals surface area contributed by atoms with Gasteiger partial charge in [0.25, 0.3) is 0 Å². The second-order valence-corrected chi connectivity index (χ2v) is 17.5. The van der Waals surface area contributed by atoms with Gasteiger partial charge in [0, 0.05) is 27.6 Å². The number of anilines is 3. The Labute approximate surface area is 376 Å². The zero-order chi connectivity index (χ0) is 42.6. The second kappa shape index (κ2) is 13.8. The van der Waals surface area contributed by atoms with Gasteiger partial charge in [-0.05, 0) is 108 Å². The third-order valence-electron chi connectivity index (χ3n) is 14.3. The maximum Gasteiger partial charge on any atom is 0.159 e. The van der Waals surface area contributed by atoms with Crippen LogP contribution < -0.4 is 4.90 Å². The van der Waals surface area contributed by atoms with Gasteiger partial charge in [0.2, 0.25) is 0 Å². The van der Waals surface area contributed by atoms with Crippen molar-refractivity contribution in [1.29, 1.82) is 0 Å². The summed E-state index contributed by atoms with van der Waals surface area (Å²) in [6, 6.07) is 86.9. The lowest BCUT2D eigenvalue weighted by Gasteiger charge is -2.32. The van der Waals surface area contributed by atoms with E-state index in [0.29, 0.717) is 0 Å². The number of hydrogen-bond donors (Lipinski definition) is 0. The van der Waals surface area contributed by atoms with E-state index in [1.165, 1.54) is 66.1 Å². The minimum absolute atomic E-state index is 0.488. The Morgan fingerprint density at radius 2 is 0.831 bits per heavy atom. The highest BCUT2D eigenvalue weighted by Gasteiger charge is 2.51. The summed E-state index contributed by atoms with van der Waals surface area (Å²) in [6.45, 7) is 0. The summed E-state index contributed by atoms with van der Waals surface area (Å²) in [7, 11) is 0. The standard InChI is InChI=1S/C63H39NO/c1-2-18-41(19-3-1)45-24-11-15-34-58(45)64(43-36-37-50-49-28-10-14-33-56(49)63(57(50)39-43)54-31-12-8-26-47(54)48-27-9-13-32-55(48)63)59-35-17-30-52-53-38-42-21-5-7-25-46(42)60(62(53)65-61(52)59)51-29-16-22-40-20-4-6-23-44(40)51/h1-39H. The third-order valence-corrected chi connectivity index (χ3v) is 14.3. The minimum atomic E-state index is -0.488. The molecule has 65 heavy (non-hydrogen) atoms. The van der Waals surface area contributed by atoms with Gasteiger partial charge in [0.1, 0.15) is 5.58 Å². The Morgan fingerprint density at radius 3 is 1.57 bits per heavy atom. The second-order valence-electron chi connectivity index (χ2n) is 17.5. The lowest BCUT2D eigenvalue weighted by atomic mass is 9.70. The highest BCUT2D eigenvalue weighted by Crippen LogP contribution is 2.63. The predicted molar refractivity (Wildman–Crippen MR) is 271 cm³/mol. The molecule has 0 saturated carbocycles. The van der Waals surface area contributed by atoms with Crippen molar-refractivity contribution in [2.75, 3.05) is 4.90 Å². The summed E-state index contributed by atoms with van der Waals surface area (Å²) in [4.78, 5) is 2.45. The molecule has 1 spiro atoms. The number of fused-ring (bicyclic) bond motifs is 15. The molecule has 0 saturated heterocycles. The molecule has 2 aliphatic carbocycles. The van der Waals surface area contributed by atoms with Crippen molar-refractivity contribution >= 4 is 60.5 Å². The van der Waals surface area contributed by atoms with Crippen LogP contribution in [0, 0.1) is 0 Å². The molecule has 0 fully saturated rings. The van der Waals surface area contributed by atoms with Crippen molar-refractivity contribution in [2.24, 2.45) is 0 Å². The van der Waals surface area contributed by atoms with Gasteiger partial charge in [-0.1, -0.05) is 206 Å². The lowest BCUT2D eigenvalue weighted by Crippen LogP contribution is -2.26. The summed E-state index contributed by atoms with van der Waals surface area (Å²) < 4.78 is 7.48. The Kier molecular flexibility index (Phi) is 7.64. The Balaban J connectivity index is 1.08. The molecule has 0 unspecified atom stereocenters. The van der Waals surface area contributed by atoms with Gasteiger partial charge in [0.15, 0.2) is 5.58 Å². The van der Waals surface area contributed by atoms with E-state index in [4.69, 9.17) is 4.42 Å². The van der Waals surface area contributed by atoms with Gasteiger partial charge in [-0.3, -0.25) is 0 Å². The zero-order valence-corrected chi connectivity index (χ0v) is 35.4. The summed E-state index contributed by atoms with van der Waals surface area (Å²) in [6.07, 6.45) is 0. The number of furan rings is 1. The fourth-order valence-corrected chi connectivity index (χ4v) is 11.6. The molecule has 1 aromatic heterocycles. The molecular formula is C63H39NO. The summed E-state index contributed by atoms with van der Waals surface area (Å²) in [5.41, 5.74) is 19.3. The maximum absolute atomic E-state index is 7.48. The third kappa shape index (κ3) is 4.99. The fourth-order valence-electron chi connectivity index (χ4n) is 11.6. The molecule has 0 bridgehead atoms. The largest absolute Gasteiger partial charge is 0.453 e. The molecule has 0 N–H and O–H groups in total. The molecule has 0 atom stereocenters. The van der Waals surface area contributed by atoms with Gasteiger partial charge in [-0.15, -0.1) is 0 Å². The number of para-hydroxylation sites is 2. The molecule has 0 radical (unpaired) electrons. The number of nitrogens with zero attached hydrogens (tertiary/aromatic N) is 1. The monoisotopic (exact) mass is 825 g/mol. The van der Waals surface area contributed by atoms with Crippen LogP contribution in [0.1, 0.15) is 22.3 Å². The Bertz CT molecular complexity index is 3840. The van der Waals surface area contributed by atoms with Crippen LogP contribution in [0.2, 0.25) is 0 Å². The van der Waals surface area contributed by atoms with Crippen molar-refractivity contribution in [3.8, 4) is 44.5 Å². The first kappa shape index (κ1) is 36.1. The van der Waals surface area contributed by atoms with Crippen LogP contribution in [0.3, 0.4) is 0 Å². The van der Waals surface area contributed by atoms with Gasteiger partial charge >= 0.3 is 0 Å². The van der Waals surface area contributed by atoms with Gasteiger partial charge in [0.05, 0.1) is 16.8 Å². The summed E-state index contributed by atoms with van der Waals surface area (Å²) in [5, 5.41) is 6.94. The molecular weight excluding hydrogens is 787 g/mol. The normalized spacial score (nSPS) is 13.0. The minimum Gasteiger partial charge on any atom is -0.453 e. The van der Waals surface area contributed by atoms with Crippen LogP contribution in [-0.2, 0) is 5.41 Å². The van der Waals surface area contributed by atoms with Crippen LogP contribution in [0.4, 0.5) is 17.1 Å². The van der Waals surface area contributed by atoms with Crippen LogP contribution in [0.5, 0.6) is 0 Å². The summed E-state index contributed by atoms with van der Waals surface area (Å²) in [5.74, 6) is 0. The zero-order valence-electron chi connectivity index (χ0n) is 35.4. The topological polar surface area (TPSA) is 16.4 Å². The highest BCUT2D eigenvalue weighted by molar-refractivity contribution is 6.22. The quantitative estimate of drug-likeness (QED) is 0.172. The van der Waals surface area contributed by atoms with Crippen molar-refractivity contribution in [1.82, 2.24) is 0 Å². The Hall–Kier alpha value is -8.46. The van der Waals surface area contributed by atoms with Crippen LogP contribution in [-0.4, -0.2) is 0 Å². The van der Waals surface area contributed by atoms with E-state index in [9.17, 15) is 0 Å². The highest BCUT2D eigenvalue weighted by atomic mass is 16.3. The molecule has 0 amide bonds. The van der Waals surface area contributed by atoms with Crippen molar-refractivity contribution in [3.05, 3.63) is 259 Å². The van der Waals surface area contributed by atoms with Crippen molar-refractivity contribution < 1.29 is 4.42 Å². The van der Waals surface area contributed by atoms with Crippen LogP contribution in [0.25, 0.3) is 88.0 Å². The van der Waals surface area contributed by atoms with E-state index < -0.39 is 5.41 Å². The molecule has 2 nitrogen and oxygen atoms in total. The van der Waals surface area contributed by atoms with E-state index >= 15 is 0 Å². The fraction of sp³-hybridized carbons (Fsp3) is 0.0159. The number of hydrogen-bond acceptors (Lipinski definition) is 2. The predicted octanol–water partition coefficient (Wildman–Crippen LogP) is 17.0. The van der Waals surface area contributed by atoms with Gasteiger partial charge in [-0.2, -0.15) is 0 Å². The van der Waals surface area contributed by atoms with Crippen molar-refractivity contribution in [2.45, 2.75) is 5.41 Å². The van der Waals surface area contributed by atoms with E-state index in [1.807, 2.05) is 0 Å². The molecule has 2 heteroatoms. The number of rotatable bonds is 5. The number of benzene rings is 11. The molecule has 12 aromatic rings. The molecule has 2 aliphatic rings. The smallest absolute Gasteiger partial charge is 0.159 e. The average Bonchev–Trinajstić information content (AvgIpc) is 4.00. The van der Waals surface area contributed by atoms with Crippen LogP contribution >= 0.6 is 0 Å². The average molecular weight is 826 g/mol. The van der Waals surface area contributed by atoms with Gasteiger partial charge in [-0.25, -0.2) is 0 Å². The first-order valence-electron chi connectivity index (χ1n) is 22.5. The van der Waals surface area contributed by atoms with E-state index in [-0.39, 0.29) is 0 Å². The lowest BCUT2D eigenvalue weighted by molar-refractivity contribution is 0.670. The van der Waals surface area contributed by atoms with Crippen molar-refractivity contribution in [3.63, 3.8) is 0 Å². The molecule has 302 valence electrons. The van der Waals surface area contributed by atoms with Gasteiger partial charge < -0.3 is 9.32 Å². The molecule has 14 rings (SSSR count). The first-order chi connectivity index (χ1) is 32.3. The Morgan fingerprint density at radius 1 is 0.308 bits per heavy atom. The molecule has 11 aromatic carbocycles. The molecule has 0 aliphatic heterocycles. The maximum atomic E-state index is 7.48. The SMILES string of the molecule is c1ccc(-c2ccccc2N(c2ccc3c(c2)C2(c4ccccc4-c4ccccc42)c2ccccc2-3)c2cccc3c2oc2c(-c4cccc5ccccc45)c4ccccc4cc23)cc1. The molecule has 1 heterocycles. The van der Waals surface area contributed by atoms with E-state index in [1.54, 1.807) is 0 Å².